The van der Waals surface area contributed by atoms with E-state index in [1.54, 1.807) is 0 Å². The van der Waals surface area contributed by atoms with Crippen LogP contribution in [0.25, 0.3) is 0 Å². The summed E-state index contributed by atoms with van der Waals surface area (Å²) in [5.74, 6) is -0.366. The lowest BCUT2D eigenvalue weighted by Crippen LogP contribution is -2.45. The average molecular weight is 262 g/mol. The largest absolute Gasteiger partial charge is 0.481 e. The maximum absolute atomic E-state index is 10.8. The molecular weight excluding hydrogens is 240 g/mol. The molecule has 4 nitrogen and oxygen atoms in total. The zero-order valence-corrected chi connectivity index (χ0v) is 11.7. The maximum Gasteiger partial charge on any atom is 0.303 e. The molecule has 0 bridgehead atoms. The Morgan fingerprint density at radius 2 is 2.11 bits per heavy atom. The number of hydrogen-bond acceptors (Lipinski definition) is 3. The fourth-order valence-electron chi connectivity index (χ4n) is 3.18. The van der Waals surface area contributed by atoms with Gasteiger partial charge in [0, 0.05) is 12.6 Å². The lowest BCUT2D eigenvalue weighted by atomic mass is 9.73. The molecule has 0 unspecified atom stereocenters. The van der Waals surface area contributed by atoms with Gasteiger partial charge < -0.3 is 5.11 Å². The second kappa shape index (κ2) is 5.70. The van der Waals surface area contributed by atoms with Gasteiger partial charge in [-0.15, -0.1) is 0 Å². The highest BCUT2D eigenvalue weighted by atomic mass is 16.4. The molecule has 0 aliphatic heterocycles. The quantitative estimate of drug-likeness (QED) is 0.906. The van der Waals surface area contributed by atoms with Crippen LogP contribution in [0.15, 0.2) is 24.4 Å². The summed E-state index contributed by atoms with van der Waals surface area (Å²) in [6.07, 6.45) is 6.02. The summed E-state index contributed by atoms with van der Waals surface area (Å²) in [6, 6.07) is 6.04. The van der Waals surface area contributed by atoms with Crippen molar-refractivity contribution in [3.63, 3.8) is 0 Å². The van der Waals surface area contributed by atoms with Gasteiger partial charge in [-0.25, -0.2) is 0 Å². The van der Waals surface area contributed by atoms with Gasteiger partial charge in [-0.05, 0) is 57.8 Å². The number of aromatic nitrogens is 1. The van der Waals surface area contributed by atoms with E-state index in [2.05, 4.69) is 30.0 Å². The third-order valence-electron chi connectivity index (χ3n) is 4.39. The molecule has 4 heteroatoms. The molecule has 1 fully saturated rings. The molecule has 104 valence electrons. The van der Waals surface area contributed by atoms with Gasteiger partial charge in [-0.1, -0.05) is 6.07 Å². The molecule has 1 aromatic rings. The zero-order valence-electron chi connectivity index (χ0n) is 11.7. The zero-order chi connectivity index (χ0) is 13.9. The van der Waals surface area contributed by atoms with E-state index >= 15 is 0 Å². The van der Waals surface area contributed by atoms with Crippen molar-refractivity contribution in [2.75, 3.05) is 14.1 Å². The van der Waals surface area contributed by atoms with Gasteiger partial charge in [0.2, 0.25) is 0 Å². The minimum Gasteiger partial charge on any atom is -0.481 e. The van der Waals surface area contributed by atoms with Crippen LogP contribution >= 0.6 is 0 Å². The van der Waals surface area contributed by atoms with Crippen LogP contribution in [-0.4, -0.2) is 35.1 Å². The standard InChI is InChI=1S/C15H22N2O2/c1-17(2)15(13-5-3-4-10-16-13)8-6-12(7-9-15)11-14(18)19/h3-5,10,12H,6-9,11H2,1-2H3,(H,18,19). The van der Waals surface area contributed by atoms with E-state index in [0.717, 1.165) is 31.4 Å². The highest BCUT2D eigenvalue weighted by Crippen LogP contribution is 2.42. The summed E-state index contributed by atoms with van der Waals surface area (Å²) in [5.41, 5.74) is 1.07. The predicted molar refractivity (Wildman–Crippen MR) is 73.8 cm³/mol. The molecular formula is C15H22N2O2. The smallest absolute Gasteiger partial charge is 0.303 e. The molecule has 1 saturated carbocycles. The van der Waals surface area contributed by atoms with Crippen molar-refractivity contribution in [2.45, 2.75) is 37.6 Å². The van der Waals surface area contributed by atoms with Crippen molar-refractivity contribution in [1.82, 2.24) is 9.88 Å². The van der Waals surface area contributed by atoms with Gasteiger partial charge in [0.25, 0.3) is 0 Å². The number of nitrogens with zero attached hydrogens (tertiary/aromatic N) is 2. The molecule has 0 saturated heterocycles. The Bertz CT molecular complexity index is 423. The van der Waals surface area contributed by atoms with Crippen molar-refractivity contribution in [3.8, 4) is 0 Å². The number of hydrogen-bond donors (Lipinski definition) is 1. The molecule has 1 aliphatic carbocycles. The first-order valence-electron chi connectivity index (χ1n) is 6.85. The van der Waals surface area contributed by atoms with Crippen LogP contribution < -0.4 is 0 Å². The Morgan fingerprint density at radius 1 is 1.42 bits per heavy atom. The number of carboxylic acid groups (broad SMARTS) is 1. The normalized spacial score (nSPS) is 27.4. The average Bonchev–Trinajstić information content (AvgIpc) is 2.40. The topological polar surface area (TPSA) is 53.4 Å². The van der Waals surface area contributed by atoms with E-state index < -0.39 is 5.97 Å². The minimum absolute atomic E-state index is 0.0315. The molecule has 0 atom stereocenters. The maximum atomic E-state index is 10.8. The Balaban J connectivity index is 2.14. The molecule has 1 aromatic heterocycles. The Morgan fingerprint density at radius 3 is 2.58 bits per heavy atom. The molecule has 1 aliphatic rings. The number of pyridine rings is 1. The van der Waals surface area contributed by atoms with Gasteiger partial charge in [0.1, 0.15) is 0 Å². The van der Waals surface area contributed by atoms with E-state index in [4.69, 9.17) is 5.11 Å². The minimum atomic E-state index is -0.680. The summed E-state index contributed by atoms with van der Waals surface area (Å²) in [6.45, 7) is 0. The molecule has 0 aromatic carbocycles. The van der Waals surface area contributed by atoms with Gasteiger partial charge in [0.15, 0.2) is 0 Å². The first-order chi connectivity index (χ1) is 9.04. The van der Waals surface area contributed by atoms with Gasteiger partial charge >= 0.3 is 5.97 Å². The lowest BCUT2D eigenvalue weighted by Gasteiger charge is -2.44. The first-order valence-corrected chi connectivity index (χ1v) is 6.85. The Kier molecular flexibility index (Phi) is 4.20. The van der Waals surface area contributed by atoms with Crippen molar-refractivity contribution in [2.24, 2.45) is 5.92 Å². The predicted octanol–water partition coefficient (Wildman–Crippen LogP) is 2.50. The van der Waals surface area contributed by atoms with Gasteiger partial charge in [0.05, 0.1) is 11.2 Å². The molecule has 0 radical (unpaired) electrons. The summed E-state index contributed by atoms with van der Waals surface area (Å²) >= 11 is 0. The number of rotatable bonds is 4. The molecule has 19 heavy (non-hydrogen) atoms. The highest BCUT2D eigenvalue weighted by Gasteiger charge is 2.40. The highest BCUT2D eigenvalue weighted by molar-refractivity contribution is 5.67. The summed E-state index contributed by atoms with van der Waals surface area (Å²) in [7, 11) is 4.18. The van der Waals surface area contributed by atoms with Crippen LogP contribution in [0.4, 0.5) is 0 Å². The van der Waals surface area contributed by atoms with Crippen LogP contribution in [0.2, 0.25) is 0 Å². The van der Waals surface area contributed by atoms with Gasteiger partial charge in [-0.3, -0.25) is 14.7 Å². The Labute approximate surface area is 114 Å². The SMILES string of the molecule is CN(C)C1(c2ccccn2)CCC(CC(=O)O)CC1. The number of aliphatic carboxylic acids is 1. The summed E-state index contributed by atoms with van der Waals surface area (Å²) in [4.78, 5) is 17.6. The fraction of sp³-hybridized carbons (Fsp3) is 0.600. The molecule has 2 rings (SSSR count). The molecule has 1 N–H and O–H groups in total. The second-order valence-electron chi connectivity index (χ2n) is 5.68. The van der Waals surface area contributed by atoms with Crippen LogP contribution in [-0.2, 0) is 10.3 Å². The van der Waals surface area contributed by atoms with Crippen molar-refractivity contribution >= 4 is 5.97 Å². The Hall–Kier alpha value is -1.42. The van der Waals surface area contributed by atoms with Crippen molar-refractivity contribution < 1.29 is 9.90 Å². The van der Waals surface area contributed by atoms with E-state index in [1.807, 2.05) is 18.3 Å². The molecule has 0 spiro atoms. The summed E-state index contributed by atoms with van der Waals surface area (Å²) < 4.78 is 0. The number of carboxylic acids is 1. The van der Waals surface area contributed by atoms with Gasteiger partial charge in [-0.2, -0.15) is 0 Å². The van der Waals surface area contributed by atoms with Crippen LogP contribution in [0.5, 0.6) is 0 Å². The monoisotopic (exact) mass is 262 g/mol. The van der Waals surface area contributed by atoms with E-state index in [1.165, 1.54) is 0 Å². The number of carbonyl (C=O) groups is 1. The second-order valence-corrected chi connectivity index (χ2v) is 5.68. The van der Waals surface area contributed by atoms with E-state index in [0.29, 0.717) is 12.3 Å². The van der Waals surface area contributed by atoms with Crippen LogP contribution in [0, 0.1) is 5.92 Å². The van der Waals surface area contributed by atoms with Crippen LogP contribution in [0.3, 0.4) is 0 Å². The first kappa shape index (κ1) is 14.0. The molecule has 1 heterocycles. The fourth-order valence-corrected chi connectivity index (χ4v) is 3.18. The van der Waals surface area contributed by atoms with E-state index in [-0.39, 0.29) is 5.54 Å². The van der Waals surface area contributed by atoms with Crippen molar-refractivity contribution in [3.05, 3.63) is 30.1 Å². The lowest BCUT2D eigenvalue weighted by molar-refractivity contribution is -0.138. The van der Waals surface area contributed by atoms with E-state index in [9.17, 15) is 4.79 Å². The third kappa shape index (κ3) is 2.95. The summed E-state index contributed by atoms with van der Waals surface area (Å²) in [5, 5.41) is 8.90. The third-order valence-corrected chi connectivity index (χ3v) is 4.39. The van der Waals surface area contributed by atoms with Crippen molar-refractivity contribution in [1.29, 1.82) is 0 Å². The molecule has 0 amide bonds. The van der Waals surface area contributed by atoms with Crippen LogP contribution in [0.1, 0.15) is 37.8 Å².